The second-order valence-electron chi connectivity index (χ2n) is 5.32. The molecule has 0 aliphatic rings. The Morgan fingerprint density at radius 3 is 2.24 bits per heavy atom. The van der Waals surface area contributed by atoms with Crippen LogP contribution in [0.4, 0.5) is 0 Å². The molecule has 0 amide bonds. The highest BCUT2D eigenvalue weighted by atomic mass is 32.2. The van der Waals surface area contributed by atoms with Gasteiger partial charge in [0.2, 0.25) is 0 Å². The van der Waals surface area contributed by atoms with Gasteiger partial charge in [-0.1, -0.05) is 54.6 Å². The van der Waals surface area contributed by atoms with Gasteiger partial charge in [-0.2, -0.15) is 0 Å². The summed E-state index contributed by atoms with van der Waals surface area (Å²) in [5.74, 6) is 0.00502. The molecule has 0 aliphatic carbocycles. The summed E-state index contributed by atoms with van der Waals surface area (Å²) in [5.41, 5.74) is 8.62. The summed E-state index contributed by atoms with van der Waals surface area (Å²) in [4.78, 5) is 0. The van der Waals surface area contributed by atoms with Crippen molar-refractivity contribution in [2.45, 2.75) is 18.6 Å². The van der Waals surface area contributed by atoms with E-state index in [9.17, 15) is 8.42 Å². The van der Waals surface area contributed by atoms with Crippen LogP contribution in [0.1, 0.15) is 22.6 Å². The molecule has 0 saturated heterocycles. The summed E-state index contributed by atoms with van der Waals surface area (Å²) < 4.78 is 24.9. The van der Waals surface area contributed by atoms with E-state index in [0.29, 0.717) is 6.54 Å². The van der Waals surface area contributed by atoms with E-state index < -0.39 is 9.84 Å². The Balaban J connectivity index is 2.15. The van der Waals surface area contributed by atoms with Gasteiger partial charge in [0.1, 0.15) is 0 Å². The molecule has 1 atom stereocenters. The van der Waals surface area contributed by atoms with Crippen molar-refractivity contribution in [3.63, 3.8) is 0 Å². The third-order valence-corrected chi connectivity index (χ3v) is 5.31. The molecule has 0 fully saturated rings. The van der Waals surface area contributed by atoms with E-state index in [2.05, 4.69) is 0 Å². The minimum Gasteiger partial charge on any atom is -0.330 e. The summed E-state index contributed by atoms with van der Waals surface area (Å²) in [6, 6.07) is 17.2. The molecule has 2 aromatic rings. The van der Waals surface area contributed by atoms with Crippen LogP contribution in [0.2, 0.25) is 0 Å². The Morgan fingerprint density at radius 1 is 1.00 bits per heavy atom. The molecular formula is C17H21NO2S. The van der Waals surface area contributed by atoms with Crippen molar-refractivity contribution in [1.82, 2.24) is 0 Å². The highest BCUT2D eigenvalue weighted by molar-refractivity contribution is 7.90. The molecule has 4 heteroatoms. The maximum absolute atomic E-state index is 12.4. The summed E-state index contributed by atoms with van der Waals surface area (Å²) in [5, 5.41) is 0. The van der Waals surface area contributed by atoms with Crippen LogP contribution in [-0.2, 0) is 15.6 Å². The summed E-state index contributed by atoms with van der Waals surface area (Å²) in [7, 11) is -3.20. The van der Waals surface area contributed by atoms with E-state index in [4.69, 9.17) is 5.73 Å². The average molecular weight is 303 g/mol. The Labute approximate surface area is 126 Å². The zero-order valence-corrected chi connectivity index (χ0v) is 13.0. The monoisotopic (exact) mass is 303 g/mol. The van der Waals surface area contributed by atoms with E-state index >= 15 is 0 Å². The van der Waals surface area contributed by atoms with Crippen molar-refractivity contribution >= 4 is 9.84 Å². The molecule has 2 N–H and O–H groups in total. The number of hydrogen-bond donors (Lipinski definition) is 1. The average Bonchev–Trinajstić information content (AvgIpc) is 2.48. The van der Waals surface area contributed by atoms with Gasteiger partial charge in [0, 0.05) is 12.5 Å². The van der Waals surface area contributed by atoms with Gasteiger partial charge in [0.25, 0.3) is 0 Å². The number of rotatable bonds is 6. The largest absolute Gasteiger partial charge is 0.330 e. The van der Waals surface area contributed by atoms with E-state index in [1.165, 1.54) is 0 Å². The molecule has 0 bridgehead atoms. The SMILES string of the molecule is Cc1ccccc1CS(=O)(=O)CC(CN)c1ccccc1. The lowest BCUT2D eigenvalue weighted by atomic mass is 10.0. The van der Waals surface area contributed by atoms with Crippen LogP contribution in [0.5, 0.6) is 0 Å². The van der Waals surface area contributed by atoms with Crippen molar-refractivity contribution < 1.29 is 8.42 Å². The third-order valence-electron chi connectivity index (χ3n) is 3.65. The van der Waals surface area contributed by atoms with Crippen LogP contribution in [0.15, 0.2) is 54.6 Å². The number of nitrogens with two attached hydrogens (primary N) is 1. The fourth-order valence-electron chi connectivity index (χ4n) is 2.40. The van der Waals surface area contributed by atoms with Crippen LogP contribution >= 0.6 is 0 Å². The second kappa shape index (κ2) is 6.87. The first-order valence-electron chi connectivity index (χ1n) is 7.02. The van der Waals surface area contributed by atoms with Crippen molar-refractivity contribution in [2.75, 3.05) is 12.3 Å². The minimum atomic E-state index is -3.20. The van der Waals surface area contributed by atoms with Crippen LogP contribution in [0, 0.1) is 6.92 Å². The first kappa shape index (κ1) is 15.7. The fourth-order valence-corrected chi connectivity index (χ4v) is 4.26. The quantitative estimate of drug-likeness (QED) is 0.892. The molecule has 21 heavy (non-hydrogen) atoms. The van der Waals surface area contributed by atoms with Gasteiger partial charge >= 0.3 is 0 Å². The first-order chi connectivity index (χ1) is 10.0. The Hall–Kier alpha value is -1.65. The van der Waals surface area contributed by atoms with Crippen molar-refractivity contribution in [3.8, 4) is 0 Å². The first-order valence-corrected chi connectivity index (χ1v) is 8.84. The van der Waals surface area contributed by atoms with Gasteiger partial charge in [0.05, 0.1) is 11.5 Å². The standard InChI is InChI=1S/C17H21NO2S/c1-14-7-5-6-10-16(14)12-21(19,20)13-17(11-18)15-8-3-2-4-9-15/h2-10,17H,11-13,18H2,1H3. The Kier molecular flexibility index (Phi) is 5.15. The van der Waals surface area contributed by atoms with Gasteiger partial charge in [-0.15, -0.1) is 0 Å². The molecule has 1 unspecified atom stereocenters. The van der Waals surface area contributed by atoms with Gasteiger partial charge in [-0.05, 0) is 23.6 Å². The lowest BCUT2D eigenvalue weighted by Gasteiger charge is -2.16. The predicted molar refractivity (Wildman–Crippen MR) is 86.9 cm³/mol. The van der Waals surface area contributed by atoms with E-state index in [1.807, 2.05) is 61.5 Å². The van der Waals surface area contributed by atoms with Gasteiger partial charge in [-0.25, -0.2) is 8.42 Å². The summed E-state index contributed by atoms with van der Waals surface area (Å²) in [6.07, 6.45) is 0. The fraction of sp³-hybridized carbons (Fsp3) is 0.294. The van der Waals surface area contributed by atoms with Crippen LogP contribution in [0.3, 0.4) is 0 Å². The zero-order chi connectivity index (χ0) is 15.3. The predicted octanol–water partition coefficient (Wildman–Crippen LogP) is 2.65. The summed E-state index contributed by atoms with van der Waals surface area (Å²) >= 11 is 0. The maximum atomic E-state index is 12.4. The third kappa shape index (κ3) is 4.41. The molecule has 0 aliphatic heterocycles. The zero-order valence-electron chi connectivity index (χ0n) is 12.2. The van der Waals surface area contributed by atoms with Gasteiger partial charge < -0.3 is 5.73 Å². The highest BCUT2D eigenvalue weighted by Crippen LogP contribution is 2.20. The van der Waals surface area contributed by atoms with E-state index in [0.717, 1.165) is 16.7 Å². The molecule has 2 rings (SSSR count). The Morgan fingerprint density at radius 2 is 1.62 bits per heavy atom. The normalized spacial score (nSPS) is 13.0. The molecule has 0 heterocycles. The number of aryl methyl sites for hydroxylation is 1. The van der Waals surface area contributed by atoms with Crippen LogP contribution in [0.25, 0.3) is 0 Å². The van der Waals surface area contributed by atoms with Gasteiger partial charge in [-0.3, -0.25) is 0 Å². The Bertz CT molecular complexity index is 681. The smallest absolute Gasteiger partial charge is 0.155 e. The topological polar surface area (TPSA) is 60.2 Å². The molecule has 2 aromatic carbocycles. The number of hydrogen-bond acceptors (Lipinski definition) is 3. The minimum absolute atomic E-state index is 0.0724. The lowest BCUT2D eigenvalue weighted by Crippen LogP contribution is -2.23. The summed E-state index contributed by atoms with van der Waals surface area (Å²) in [6.45, 7) is 2.26. The van der Waals surface area contributed by atoms with Crippen LogP contribution < -0.4 is 5.73 Å². The molecule has 0 radical (unpaired) electrons. The van der Waals surface area contributed by atoms with Crippen molar-refractivity contribution in [1.29, 1.82) is 0 Å². The second-order valence-corrected chi connectivity index (χ2v) is 7.43. The van der Waals surface area contributed by atoms with Gasteiger partial charge in [0.15, 0.2) is 9.84 Å². The van der Waals surface area contributed by atoms with Crippen molar-refractivity contribution in [3.05, 3.63) is 71.3 Å². The van der Waals surface area contributed by atoms with Crippen molar-refractivity contribution in [2.24, 2.45) is 5.73 Å². The number of sulfone groups is 1. The molecular weight excluding hydrogens is 282 g/mol. The molecule has 0 spiro atoms. The van der Waals surface area contributed by atoms with Crippen LogP contribution in [-0.4, -0.2) is 20.7 Å². The molecule has 3 nitrogen and oxygen atoms in total. The number of benzene rings is 2. The highest BCUT2D eigenvalue weighted by Gasteiger charge is 2.20. The van der Waals surface area contributed by atoms with E-state index in [1.54, 1.807) is 0 Å². The molecule has 0 aromatic heterocycles. The molecule has 112 valence electrons. The maximum Gasteiger partial charge on any atom is 0.155 e. The van der Waals surface area contributed by atoms with E-state index in [-0.39, 0.29) is 17.4 Å². The molecule has 0 saturated carbocycles. The lowest BCUT2D eigenvalue weighted by molar-refractivity contribution is 0.586.